The minimum Gasteiger partial charge on any atom is -1.00 e. The Kier molecular flexibility index (Phi) is 32.9. The van der Waals surface area contributed by atoms with Crippen molar-refractivity contribution in [1.29, 1.82) is 0 Å². The molecule has 1 aromatic rings. The van der Waals surface area contributed by atoms with Crippen molar-refractivity contribution >= 4 is 34.7 Å². The zero-order chi connectivity index (χ0) is 30.2. The topological polar surface area (TPSA) is 121 Å². The zero-order valence-electron chi connectivity index (χ0n) is 28.4. The van der Waals surface area contributed by atoms with Crippen molar-refractivity contribution in [2.75, 3.05) is 138 Å². The average Bonchev–Trinajstić information content (AvgIpc) is 3.01. The van der Waals surface area contributed by atoms with Crippen LogP contribution < -0.4 is 5.32 Å². The summed E-state index contributed by atoms with van der Waals surface area (Å²) < 4.78 is 53.5. The number of hydrogen-bond donors (Lipinski definition) is 1. The molecule has 0 saturated heterocycles. The number of methoxy groups -OCH3 is 1. The summed E-state index contributed by atoms with van der Waals surface area (Å²) in [5.74, 6) is -0.358. The predicted octanol–water partition coefficient (Wildman–Crippen LogP) is 2.68. The van der Waals surface area contributed by atoms with E-state index in [0.717, 1.165) is 25.1 Å². The number of hydrogen-bond acceptors (Lipinski definition) is 12. The van der Waals surface area contributed by atoms with E-state index < -0.39 is 0 Å². The van der Waals surface area contributed by atoms with Crippen LogP contribution in [0.1, 0.15) is 33.0 Å². The van der Waals surface area contributed by atoms with E-state index in [9.17, 15) is 4.79 Å². The van der Waals surface area contributed by atoms with Crippen molar-refractivity contribution in [1.82, 2.24) is 0 Å². The van der Waals surface area contributed by atoms with Crippen molar-refractivity contribution in [2.24, 2.45) is 0 Å². The second-order valence-electron chi connectivity index (χ2n) is 8.89. The zero-order valence-corrected chi connectivity index (χ0v) is 27.8. The third-order valence-corrected chi connectivity index (χ3v) is 5.48. The van der Waals surface area contributed by atoms with Crippen LogP contribution in [0.5, 0.6) is 0 Å². The third-order valence-electron chi connectivity index (χ3n) is 5.48. The molecule has 248 valence electrons. The molecule has 43 heavy (non-hydrogen) atoms. The first-order valence-electron chi connectivity index (χ1n) is 14.9. The molecule has 1 aromatic carbocycles. The van der Waals surface area contributed by atoms with Gasteiger partial charge in [-0.15, -0.1) is 0 Å². The van der Waals surface area contributed by atoms with Crippen LogP contribution in [0.3, 0.4) is 0 Å². The number of carbonyl (C=O) groups is 1. The molecule has 1 N–H and O–H groups in total. The monoisotopic (exact) mass is 629 g/mol. The van der Waals surface area contributed by atoms with Crippen LogP contribution in [0, 0.1) is 0 Å². The van der Waals surface area contributed by atoms with Crippen LogP contribution >= 0.6 is 0 Å². The first-order chi connectivity index (χ1) is 20.8. The molecule has 0 unspecified atom stereocenters. The van der Waals surface area contributed by atoms with Crippen LogP contribution in [0.4, 0.5) is 5.69 Å². The molecule has 0 spiro atoms. The second kappa shape index (κ2) is 33.8. The average molecular weight is 630 g/mol. The fourth-order valence-corrected chi connectivity index (χ4v) is 3.19. The second-order valence-corrected chi connectivity index (χ2v) is 8.89. The molecular formula is C30H55MgNO11. The minimum atomic E-state index is -0.358. The van der Waals surface area contributed by atoms with Gasteiger partial charge < -0.3 is 55.5 Å². The van der Waals surface area contributed by atoms with Gasteiger partial charge in [-0.05, 0) is 30.7 Å². The SMILES string of the molecule is CCCCNc1ccc(C(=O)OCCOCCOCCOCCOCCOCCOCCOCCOCCOC)cc1.[H-].[H-].[Mg+2]. The Morgan fingerprint density at radius 2 is 0.930 bits per heavy atom. The molecule has 0 atom stereocenters. The number of benzene rings is 1. The van der Waals surface area contributed by atoms with E-state index >= 15 is 0 Å². The van der Waals surface area contributed by atoms with Gasteiger partial charge in [0.15, 0.2) is 0 Å². The van der Waals surface area contributed by atoms with Crippen LogP contribution in [0.15, 0.2) is 24.3 Å². The Morgan fingerprint density at radius 1 is 0.581 bits per heavy atom. The van der Waals surface area contributed by atoms with Gasteiger partial charge in [-0.2, -0.15) is 0 Å². The maximum Gasteiger partial charge on any atom is 2.00 e. The van der Waals surface area contributed by atoms with E-state index in [1.807, 2.05) is 12.1 Å². The van der Waals surface area contributed by atoms with Gasteiger partial charge in [-0.1, -0.05) is 13.3 Å². The number of ether oxygens (including phenoxy) is 10. The Bertz CT molecular complexity index is 728. The molecule has 13 heteroatoms. The van der Waals surface area contributed by atoms with Gasteiger partial charge in [-0.3, -0.25) is 0 Å². The smallest absolute Gasteiger partial charge is 1.00 e. The van der Waals surface area contributed by atoms with Crippen LogP contribution in [0.2, 0.25) is 0 Å². The van der Waals surface area contributed by atoms with Gasteiger partial charge in [0.2, 0.25) is 0 Å². The fourth-order valence-electron chi connectivity index (χ4n) is 3.19. The number of anilines is 1. The van der Waals surface area contributed by atoms with E-state index in [4.69, 9.17) is 47.4 Å². The van der Waals surface area contributed by atoms with Gasteiger partial charge in [-0.25, -0.2) is 4.79 Å². The normalized spacial score (nSPS) is 10.9. The minimum absolute atomic E-state index is 0. The molecule has 12 nitrogen and oxygen atoms in total. The van der Waals surface area contributed by atoms with Gasteiger partial charge in [0, 0.05) is 19.3 Å². The quantitative estimate of drug-likeness (QED) is 0.0716. The molecule has 0 radical (unpaired) electrons. The number of carbonyl (C=O) groups excluding carboxylic acids is 1. The van der Waals surface area contributed by atoms with E-state index in [1.54, 1.807) is 19.2 Å². The van der Waals surface area contributed by atoms with Gasteiger partial charge >= 0.3 is 29.0 Å². The molecule has 1 rings (SSSR count). The van der Waals surface area contributed by atoms with Crippen molar-refractivity contribution < 1.29 is 55.0 Å². The first-order valence-corrected chi connectivity index (χ1v) is 14.9. The molecule has 0 heterocycles. The van der Waals surface area contributed by atoms with E-state index in [-0.39, 0.29) is 38.5 Å². The summed E-state index contributed by atoms with van der Waals surface area (Å²) in [6.45, 7) is 11.7. The standard InChI is InChI=1S/C30H53NO11.Mg.2H/c1-3-4-9-31-29-7-5-28(6-8-29)30(32)42-27-26-41-25-24-40-23-22-39-21-20-38-19-18-37-17-16-36-15-14-35-13-12-34-11-10-33-2;;;/h5-8,31H,3-4,9-27H2,1-2H3;;;/q;+2;2*-1. The Balaban J connectivity index is -0.00000588. The first kappa shape index (κ1) is 41.9. The molecule has 0 aliphatic rings. The number of unbranched alkanes of at least 4 members (excludes halogenated alkanes) is 1. The Morgan fingerprint density at radius 3 is 1.28 bits per heavy atom. The van der Waals surface area contributed by atoms with Gasteiger partial charge in [0.25, 0.3) is 0 Å². The number of esters is 1. The molecular weight excluding hydrogens is 575 g/mol. The summed E-state index contributed by atoms with van der Waals surface area (Å²) in [7, 11) is 1.64. The van der Waals surface area contributed by atoms with Crippen molar-refractivity contribution in [3.8, 4) is 0 Å². The largest absolute Gasteiger partial charge is 2.00 e. The maximum absolute atomic E-state index is 12.1. The summed E-state index contributed by atoms with van der Waals surface area (Å²) in [6, 6.07) is 7.29. The van der Waals surface area contributed by atoms with E-state index in [1.165, 1.54) is 0 Å². The fraction of sp³-hybridized carbons (Fsp3) is 0.767. The summed E-state index contributed by atoms with van der Waals surface area (Å²) in [5, 5.41) is 3.32. The van der Waals surface area contributed by atoms with Gasteiger partial charge in [0.05, 0.1) is 118 Å². The summed E-state index contributed by atoms with van der Waals surface area (Å²) in [4.78, 5) is 12.1. The van der Waals surface area contributed by atoms with E-state index in [0.29, 0.717) is 118 Å². The summed E-state index contributed by atoms with van der Waals surface area (Å²) in [5.41, 5.74) is 1.52. The molecule has 0 aliphatic carbocycles. The van der Waals surface area contributed by atoms with E-state index in [2.05, 4.69) is 12.2 Å². The summed E-state index contributed by atoms with van der Waals surface area (Å²) in [6.07, 6.45) is 2.25. The molecule has 0 bridgehead atoms. The molecule has 0 fully saturated rings. The Hall–Kier alpha value is -1.10. The van der Waals surface area contributed by atoms with Crippen LogP contribution in [0.25, 0.3) is 0 Å². The summed E-state index contributed by atoms with van der Waals surface area (Å²) >= 11 is 0. The predicted molar refractivity (Wildman–Crippen MR) is 167 cm³/mol. The molecule has 0 saturated carbocycles. The molecule has 0 aliphatic heterocycles. The Labute approximate surface area is 276 Å². The number of rotatable bonds is 32. The van der Waals surface area contributed by atoms with Crippen molar-refractivity contribution in [3.05, 3.63) is 29.8 Å². The molecule has 0 aromatic heterocycles. The van der Waals surface area contributed by atoms with Crippen LogP contribution in [-0.2, 0) is 47.4 Å². The number of nitrogens with one attached hydrogen (secondary N) is 1. The van der Waals surface area contributed by atoms with Crippen molar-refractivity contribution in [3.63, 3.8) is 0 Å². The third kappa shape index (κ3) is 28.1. The van der Waals surface area contributed by atoms with Gasteiger partial charge in [0.1, 0.15) is 6.61 Å². The molecule has 0 amide bonds. The van der Waals surface area contributed by atoms with Crippen molar-refractivity contribution in [2.45, 2.75) is 19.8 Å². The van der Waals surface area contributed by atoms with Crippen LogP contribution in [-0.4, -0.2) is 162 Å². The maximum atomic E-state index is 12.1.